The summed E-state index contributed by atoms with van der Waals surface area (Å²) >= 11 is 0. The second kappa shape index (κ2) is 7.02. The maximum Gasteiger partial charge on any atom is 0.408 e. The van der Waals surface area contributed by atoms with Crippen LogP contribution in [0.5, 0.6) is 0 Å². The van der Waals surface area contributed by atoms with Gasteiger partial charge in [-0.2, -0.15) is 0 Å². The molecule has 0 saturated heterocycles. The van der Waals surface area contributed by atoms with Gasteiger partial charge in [0.1, 0.15) is 5.60 Å². The Morgan fingerprint density at radius 3 is 1.79 bits per heavy atom. The molecule has 5 nitrogen and oxygen atoms in total. The lowest BCUT2D eigenvalue weighted by atomic mass is 10.0. The summed E-state index contributed by atoms with van der Waals surface area (Å²) in [7, 11) is 0. The Morgan fingerprint density at radius 2 is 1.42 bits per heavy atom. The molecular weight excluding hydrogens is 341 g/mol. The van der Waals surface area contributed by atoms with Crippen molar-refractivity contribution in [3.8, 4) is 0 Å². The Bertz CT molecular complexity index is 643. The van der Waals surface area contributed by atoms with Crippen molar-refractivity contribution in [1.29, 1.82) is 0 Å². The van der Waals surface area contributed by atoms with Gasteiger partial charge in [-0.1, -0.05) is 0 Å². The number of rotatable bonds is 4. The number of hydrogen-bond donors (Lipinski definition) is 1. The molecule has 1 aromatic rings. The Labute approximate surface area is 133 Å². The van der Waals surface area contributed by atoms with Gasteiger partial charge in [0.25, 0.3) is 0 Å². The van der Waals surface area contributed by atoms with E-state index in [-0.39, 0.29) is 0 Å². The van der Waals surface area contributed by atoms with Crippen molar-refractivity contribution >= 4 is 12.1 Å². The van der Waals surface area contributed by atoms with Crippen molar-refractivity contribution in [3.63, 3.8) is 0 Å². The first-order valence-corrected chi connectivity index (χ1v) is 6.55. The molecule has 0 radical (unpaired) electrons. The van der Waals surface area contributed by atoms with E-state index < -0.39 is 64.8 Å². The number of alkyl carbamates (subject to hydrolysis) is 1. The fourth-order valence-corrected chi connectivity index (χ4v) is 1.68. The zero-order chi connectivity index (χ0) is 18.8. The normalized spacial score (nSPS) is 12.7. The van der Waals surface area contributed by atoms with Crippen molar-refractivity contribution < 1.29 is 41.4 Å². The number of halogens is 5. The van der Waals surface area contributed by atoms with Crippen LogP contribution < -0.4 is 10.4 Å². The molecule has 0 aromatic heterocycles. The van der Waals surface area contributed by atoms with Gasteiger partial charge >= 0.3 is 6.09 Å². The summed E-state index contributed by atoms with van der Waals surface area (Å²) in [5.74, 6) is -13.2. The van der Waals surface area contributed by atoms with Crippen molar-refractivity contribution in [2.24, 2.45) is 0 Å². The van der Waals surface area contributed by atoms with Crippen molar-refractivity contribution in [3.05, 3.63) is 34.6 Å². The molecule has 0 saturated carbocycles. The van der Waals surface area contributed by atoms with E-state index in [0.29, 0.717) is 0 Å². The summed E-state index contributed by atoms with van der Waals surface area (Å²) < 4.78 is 71.0. The quantitative estimate of drug-likeness (QED) is 0.506. The molecule has 1 rings (SSSR count). The second-order valence-corrected chi connectivity index (χ2v) is 5.77. The van der Waals surface area contributed by atoms with Crippen LogP contribution in [-0.2, 0) is 16.0 Å². The van der Waals surface area contributed by atoms with E-state index in [1.165, 1.54) is 20.8 Å². The number of nitrogens with one attached hydrogen (secondary N) is 1. The van der Waals surface area contributed by atoms with Crippen molar-refractivity contribution in [2.45, 2.75) is 38.8 Å². The third-order valence-corrected chi connectivity index (χ3v) is 2.68. The molecule has 1 N–H and O–H groups in total. The minimum atomic E-state index is -2.38. The zero-order valence-electron chi connectivity index (χ0n) is 12.8. The molecule has 0 bridgehead atoms. The summed E-state index contributed by atoms with van der Waals surface area (Å²) in [6.07, 6.45) is -2.49. The minimum Gasteiger partial charge on any atom is -0.548 e. The molecule has 1 amide bonds. The van der Waals surface area contributed by atoms with Crippen molar-refractivity contribution in [1.82, 2.24) is 5.32 Å². The number of ether oxygens (including phenoxy) is 1. The largest absolute Gasteiger partial charge is 0.548 e. The molecule has 134 valence electrons. The molecule has 0 spiro atoms. The molecule has 1 atom stereocenters. The number of carboxylic acids is 1. The van der Waals surface area contributed by atoms with Gasteiger partial charge in [0.15, 0.2) is 23.3 Å². The third kappa shape index (κ3) is 4.56. The van der Waals surface area contributed by atoms with Crippen LogP contribution in [0.1, 0.15) is 26.3 Å². The molecule has 0 fully saturated rings. The lowest BCUT2D eigenvalue weighted by Gasteiger charge is -2.24. The second-order valence-electron chi connectivity index (χ2n) is 5.77. The van der Waals surface area contributed by atoms with Crippen LogP contribution in [0.15, 0.2) is 0 Å². The van der Waals surface area contributed by atoms with Crippen molar-refractivity contribution in [2.75, 3.05) is 0 Å². The predicted molar refractivity (Wildman–Crippen MR) is 68.1 cm³/mol. The number of benzene rings is 1. The van der Waals surface area contributed by atoms with Crippen LogP contribution in [0.3, 0.4) is 0 Å². The van der Waals surface area contributed by atoms with E-state index in [4.69, 9.17) is 4.74 Å². The Morgan fingerprint density at radius 1 is 1.00 bits per heavy atom. The lowest BCUT2D eigenvalue weighted by molar-refractivity contribution is -0.308. The van der Waals surface area contributed by atoms with Crippen LogP contribution >= 0.6 is 0 Å². The minimum absolute atomic E-state index is 1.01. The first-order valence-electron chi connectivity index (χ1n) is 6.55. The van der Waals surface area contributed by atoms with Crippen LogP contribution in [0, 0.1) is 29.1 Å². The first-order chi connectivity index (χ1) is 10.8. The highest BCUT2D eigenvalue weighted by atomic mass is 19.2. The standard InChI is InChI=1S/C14H14F5NO4/c1-14(2,3)24-13(23)20-6(12(21)22)4-5-7(15)9(17)11(19)10(18)8(5)16/h6H,4H2,1-3H3,(H,20,23)(H,21,22)/p-1. The number of carbonyl (C=O) groups excluding carboxylic acids is 2. The van der Waals surface area contributed by atoms with E-state index in [2.05, 4.69) is 0 Å². The van der Waals surface area contributed by atoms with Gasteiger partial charge in [-0.15, -0.1) is 0 Å². The number of hydrogen-bond acceptors (Lipinski definition) is 4. The van der Waals surface area contributed by atoms with Gasteiger partial charge in [-0.05, 0) is 20.8 Å². The van der Waals surface area contributed by atoms with E-state index in [0.717, 1.165) is 0 Å². The Kier molecular flexibility index (Phi) is 5.75. The Hall–Kier alpha value is -2.39. The molecule has 0 aliphatic heterocycles. The van der Waals surface area contributed by atoms with Crippen LogP contribution in [0.4, 0.5) is 26.7 Å². The molecule has 10 heteroatoms. The number of aliphatic carboxylic acids is 1. The molecule has 1 aromatic carbocycles. The summed E-state index contributed by atoms with van der Waals surface area (Å²) in [5, 5.41) is 12.7. The van der Waals surface area contributed by atoms with Gasteiger partial charge in [0.2, 0.25) is 5.82 Å². The number of carboxylic acid groups (broad SMARTS) is 1. The summed E-state index contributed by atoms with van der Waals surface area (Å²) in [4.78, 5) is 22.5. The van der Waals surface area contributed by atoms with Gasteiger partial charge in [0.05, 0.1) is 12.0 Å². The van der Waals surface area contributed by atoms with E-state index in [1.807, 2.05) is 0 Å². The number of amides is 1. The fourth-order valence-electron chi connectivity index (χ4n) is 1.68. The summed E-state index contributed by atoms with van der Waals surface area (Å²) in [6.45, 7) is 4.39. The highest BCUT2D eigenvalue weighted by molar-refractivity contribution is 5.79. The van der Waals surface area contributed by atoms with Gasteiger partial charge in [0, 0.05) is 12.0 Å². The average Bonchev–Trinajstić information content (AvgIpc) is 2.44. The maximum absolute atomic E-state index is 13.6. The predicted octanol–water partition coefficient (Wildman–Crippen LogP) is 1.57. The van der Waals surface area contributed by atoms with E-state index >= 15 is 0 Å². The smallest absolute Gasteiger partial charge is 0.408 e. The first kappa shape index (κ1) is 19.7. The fraction of sp³-hybridized carbons (Fsp3) is 0.429. The SMILES string of the molecule is CC(C)(C)OC(=O)NC(Cc1c(F)c(F)c(F)c(F)c1F)C(=O)[O-]. The summed E-state index contributed by atoms with van der Waals surface area (Å²) in [5.41, 5.74) is -2.40. The van der Waals surface area contributed by atoms with E-state index in [1.54, 1.807) is 5.32 Å². The Balaban J connectivity index is 3.11. The van der Waals surface area contributed by atoms with Gasteiger partial charge in [-0.25, -0.2) is 26.7 Å². The van der Waals surface area contributed by atoms with Gasteiger partial charge < -0.3 is 20.0 Å². The maximum atomic E-state index is 13.6. The molecule has 0 aliphatic carbocycles. The molecule has 0 aliphatic rings. The highest BCUT2D eigenvalue weighted by Gasteiger charge is 2.29. The highest BCUT2D eigenvalue weighted by Crippen LogP contribution is 2.24. The van der Waals surface area contributed by atoms with Crippen LogP contribution in [0.2, 0.25) is 0 Å². The molecular formula is C14H13F5NO4-. The lowest BCUT2D eigenvalue weighted by Crippen LogP contribution is -2.50. The van der Waals surface area contributed by atoms with Crippen LogP contribution in [0.25, 0.3) is 0 Å². The van der Waals surface area contributed by atoms with Crippen LogP contribution in [-0.4, -0.2) is 23.7 Å². The topological polar surface area (TPSA) is 78.5 Å². The van der Waals surface area contributed by atoms with Gasteiger partial charge in [-0.3, -0.25) is 0 Å². The molecule has 1 unspecified atom stereocenters. The molecule has 24 heavy (non-hydrogen) atoms. The molecule has 0 heterocycles. The third-order valence-electron chi connectivity index (χ3n) is 2.68. The average molecular weight is 354 g/mol. The summed E-state index contributed by atoms with van der Waals surface area (Å²) in [6, 6.07) is -2.08. The number of carbonyl (C=O) groups is 2. The zero-order valence-corrected chi connectivity index (χ0v) is 12.8. The monoisotopic (exact) mass is 354 g/mol. The van der Waals surface area contributed by atoms with E-state index in [9.17, 15) is 36.6 Å².